The van der Waals surface area contributed by atoms with E-state index in [2.05, 4.69) is 0 Å². The van der Waals surface area contributed by atoms with Crippen molar-refractivity contribution in [2.24, 2.45) is 0 Å². The number of hydrogen-bond acceptors (Lipinski definition) is 3. The van der Waals surface area contributed by atoms with Crippen LogP contribution in [0.2, 0.25) is 0 Å². The number of halogens is 3. The zero-order valence-electron chi connectivity index (χ0n) is 13.6. The Bertz CT molecular complexity index is 1090. The Morgan fingerprint density at radius 3 is 2.48 bits per heavy atom. The van der Waals surface area contributed by atoms with Crippen LogP contribution in [0.15, 0.2) is 54.6 Å². The van der Waals surface area contributed by atoms with E-state index in [1.807, 2.05) is 11.4 Å². The molecule has 3 rings (SSSR count). The number of anilines is 1. The van der Waals surface area contributed by atoms with Gasteiger partial charge in [0.2, 0.25) is 0 Å². The molecule has 0 fully saturated rings. The maximum absolute atomic E-state index is 13.9. The highest BCUT2D eigenvalue weighted by Crippen LogP contribution is 2.28. The number of hydrogen-bond donors (Lipinski definition) is 2. The number of carbonyl (C=O) groups excluding carboxylic acids is 1. The number of aromatic hydroxyl groups is 1. The number of amides is 1. The van der Waals surface area contributed by atoms with E-state index >= 15 is 0 Å². The van der Waals surface area contributed by atoms with Gasteiger partial charge in [-0.15, -0.1) is 0 Å². The van der Waals surface area contributed by atoms with E-state index in [0.29, 0.717) is 11.1 Å². The van der Waals surface area contributed by atoms with Crippen LogP contribution in [0.4, 0.5) is 18.9 Å². The summed E-state index contributed by atoms with van der Waals surface area (Å²) in [7, 11) is 0. The molecule has 0 aliphatic rings. The highest BCUT2D eigenvalue weighted by Gasteiger charge is 2.18. The molecule has 0 unspecified atom stereocenters. The lowest BCUT2D eigenvalue weighted by Gasteiger charge is -2.10. The van der Waals surface area contributed by atoms with Gasteiger partial charge in [0, 0.05) is 5.56 Å². The predicted molar refractivity (Wildman–Crippen MR) is 92.5 cm³/mol. The number of nitrogens with one attached hydrogen (secondary N) is 1. The van der Waals surface area contributed by atoms with Crippen molar-refractivity contribution < 1.29 is 23.1 Å². The first-order valence-corrected chi connectivity index (χ1v) is 7.68. The van der Waals surface area contributed by atoms with Crippen molar-refractivity contribution in [3.8, 4) is 22.9 Å². The third-order valence-electron chi connectivity index (χ3n) is 3.79. The normalized spacial score (nSPS) is 10.3. The van der Waals surface area contributed by atoms with Crippen molar-refractivity contribution in [1.82, 2.24) is 0 Å². The highest BCUT2D eigenvalue weighted by molar-refractivity contribution is 6.05. The summed E-state index contributed by atoms with van der Waals surface area (Å²) in [5.41, 5.74) is 0.0512. The summed E-state index contributed by atoms with van der Waals surface area (Å²) in [4.78, 5) is 12.4. The number of rotatable bonds is 3. The van der Waals surface area contributed by atoms with Crippen LogP contribution in [-0.2, 0) is 0 Å². The van der Waals surface area contributed by atoms with Crippen molar-refractivity contribution in [2.45, 2.75) is 0 Å². The highest BCUT2D eigenvalue weighted by atomic mass is 19.1. The first-order valence-electron chi connectivity index (χ1n) is 7.68. The fourth-order valence-corrected chi connectivity index (χ4v) is 2.50. The van der Waals surface area contributed by atoms with Gasteiger partial charge in [0.25, 0.3) is 5.91 Å². The Labute approximate surface area is 152 Å². The van der Waals surface area contributed by atoms with Crippen LogP contribution >= 0.6 is 0 Å². The van der Waals surface area contributed by atoms with Gasteiger partial charge in [-0.1, -0.05) is 12.1 Å². The Morgan fingerprint density at radius 2 is 1.78 bits per heavy atom. The number of carbonyl (C=O) groups is 1. The van der Waals surface area contributed by atoms with Gasteiger partial charge < -0.3 is 10.4 Å². The van der Waals surface area contributed by atoms with Crippen molar-refractivity contribution >= 4 is 11.6 Å². The molecule has 0 heterocycles. The van der Waals surface area contributed by atoms with E-state index in [1.165, 1.54) is 36.4 Å². The number of nitriles is 1. The summed E-state index contributed by atoms with van der Waals surface area (Å²) >= 11 is 0. The molecule has 7 heteroatoms. The second-order valence-electron chi connectivity index (χ2n) is 5.63. The Kier molecular flexibility index (Phi) is 4.81. The van der Waals surface area contributed by atoms with Gasteiger partial charge in [-0.25, -0.2) is 13.2 Å². The molecular formula is C20H11F3N2O2. The van der Waals surface area contributed by atoms with E-state index in [4.69, 9.17) is 0 Å². The standard InChI is InChI=1S/C20H11F3N2O2/c21-15-3-1-2-12(9-15)13-6-11(10-24)7-14(8-13)20(27)25-19-16(22)4-5-17(26)18(19)23/h1-9,26H,(H,25,27). The molecule has 1 amide bonds. The second kappa shape index (κ2) is 7.22. The number of phenols is 1. The van der Waals surface area contributed by atoms with Crippen LogP contribution < -0.4 is 5.32 Å². The molecule has 0 saturated heterocycles. The molecule has 4 nitrogen and oxygen atoms in total. The second-order valence-corrected chi connectivity index (χ2v) is 5.63. The summed E-state index contributed by atoms with van der Waals surface area (Å²) in [5, 5.41) is 20.6. The van der Waals surface area contributed by atoms with Crippen LogP contribution in [0, 0.1) is 28.8 Å². The smallest absolute Gasteiger partial charge is 0.255 e. The maximum atomic E-state index is 13.9. The fourth-order valence-electron chi connectivity index (χ4n) is 2.50. The van der Waals surface area contributed by atoms with Gasteiger partial charge in [0.1, 0.15) is 17.3 Å². The summed E-state index contributed by atoms with van der Waals surface area (Å²) in [6, 6.07) is 13.1. The third-order valence-corrected chi connectivity index (χ3v) is 3.79. The molecule has 3 aromatic rings. The van der Waals surface area contributed by atoms with E-state index in [0.717, 1.165) is 12.1 Å². The lowest BCUT2D eigenvalue weighted by molar-refractivity contribution is 0.102. The topological polar surface area (TPSA) is 73.1 Å². The molecule has 0 aliphatic carbocycles. The molecule has 0 atom stereocenters. The molecule has 0 bridgehead atoms. The van der Waals surface area contributed by atoms with Crippen LogP contribution in [0.5, 0.6) is 5.75 Å². The molecule has 2 N–H and O–H groups in total. The first kappa shape index (κ1) is 18.0. The number of nitrogens with zero attached hydrogens (tertiary/aromatic N) is 1. The van der Waals surface area contributed by atoms with Crippen LogP contribution in [0.3, 0.4) is 0 Å². The van der Waals surface area contributed by atoms with Gasteiger partial charge in [-0.2, -0.15) is 5.26 Å². The van der Waals surface area contributed by atoms with Gasteiger partial charge in [-0.05, 0) is 53.6 Å². The van der Waals surface area contributed by atoms with Gasteiger partial charge in [-0.3, -0.25) is 4.79 Å². The maximum Gasteiger partial charge on any atom is 0.255 e. The molecular weight excluding hydrogens is 357 g/mol. The van der Waals surface area contributed by atoms with Gasteiger partial charge in [0.15, 0.2) is 11.6 Å². The lowest BCUT2D eigenvalue weighted by Crippen LogP contribution is -2.14. The van der Waals surface area contributed by atoms with E-state index in [-0.39, 0.29) is 11.1 Å². The monoisotopic (exact) mass is 368 g/mol. The summed E-state index contributed by atoms with van der Waals surface area (Å²) in [6.07, 6.45) is 0. The molecule has 0 aliphatic heterocycles. The average molecular weight is 368 g/mol. The summed E-state index contributed by atoms with van der Waals surface area (Å²) < 4.78 is 41.1. The average Bonchev–Trinajstić information content (AvgIpc) is 2.67. The van der Waals surface area contributed by atoms with Crippen LogP contribution in [0.25, 0.3) is 11.1 Å². The molecule has 27 heavy (non-hydrogen) atoms. The number of phenolic OH excluding ortho intramolecular Hbond substituents is 1. The molecule has 0 spiro atoms. The third kappa shape index (κ3) is 3.75. The Morgan fingerprint density at radius 1 is 1.00 bits per heavy atom. The molecule has 134 valence electrons. The predicted octanol–water partition coefficient (Wildman–Crippen LogP) is 4.60. The lowest BCUT2D eigenvalue weighted by atomic mass is 9.99. The zero-order valence-corrected chi connectivity index (χ0v) is 13.6. The zero-order chi connectivity index (χ0) is 19.6. The van der Waals surface area contributed by atoms with Gasteiger partial charge in [0.05, 0.1) is 11.6 Å². The number of benzene rings is 3. The van der Waals surface area contributed by atoms with Crippen molar-refractivity contribution in [3.63, 3.8) is 0 Å². The van der Waals surface area contributed by atoms with Gasteiger partial charge >= 0.3 is 0 Å². The summed E-state index contributed by atoms with van der Waals surface area (Å²) in [5.74, 6) is -4.60. The van der Waals surface area contributed by atoms with Crippen molar-refractivity contribution in [3.05, 3.63) is 83.2 Å². The van der Waals surface area contributed by atoms with E-state index in [9.17, 15) is 28.3 Å². The Hall–Kier alpha value is -3.79. The minimum absolute atomic E-state index is 0.0598. The van der Waals surface area contributed by atoms with Crippen molar-refractivity contribution in [1.29, 1.82) is 5.26 Å². The largest absolute Gasteiger partial charge is 0.505 e. The SMILES string of the molecule is N#Cc1cc(C(=O)Nc2c(F)ccc(O)c2F)cc(-c2cccc(F)c2)c1. The minimum atomic E-state index is -1.31. The minimum Gasteiger partial charge on any atom is -0.505 e. The molecule has 3 aromatic carbocycles. The molecule has 0 saturated carbocycles. The van der Waals surface area contributed by atoms with E-state index in [1.54, 1.807) is 6.07 Å². The quantitative estimate of drug-likeness (QED) is 0.710. The van der Waals surface area contributed by atoms with Crippen LogP contribution in [-0.4, -0.2) is 11.0 Å². The fraction of sp³-hybridized carbons (Fsp3) is 0. The first-order chi connectivity index (χ1) is 12.9. The van der Waals surface area contributed by atoms with Crippen LogP contribution in [0.1, 0.15) is 15.9 Å². The van der Waals surface area contributed by atoms with E-state index < -0.39 is 34.8 Å². The molecule has 0 radical (unpaired) electrons. The molecule has 0 aromatic heterocycles. The summed E-state index contributed by atoms with van der Waals surface area (Å²) in [6.45, 7) is 0. The van der Waals surface area contributed by atoms with Crippen molar-refractivity contribution in [2.75, 3.05) is 5.32 Å². The Balaban J connectivity index is 2.02.